The van der Waals surface area contributed by atoms with E-state index >= 15 is 0 Å². The smallest absolute Gasteiger partial charge is 0.0948 e. The van der Waals surface area contributed by atoms with Crippen LogP contribution < -0.4 is 0 Å². The molecule has 9 heavy (non-hydrogen) atoms. The third-order valence-electron chi connectivity index (χ3n) is 1.11. The average molecular weight is 122 g/mol. The second-order valence-corrected chi connectivity index (χ2v) is 1.83. The number of nitrogens with zero attached hydrogens (tertiary/aromatic N) is 2. The van der Waals surface area contributed by atoms with E-state index < -0.39 is 0 Å². The molecule has 0 saturated heterocycles. The van der Waals surface area contributed by atoms with Gasteiger partial charge < -0.3 is 4.57 Å². The number of imidazole rings is 1. The highest BCUT2D eigenvalue weighted by Crippen LogP contribution is 1.85. The fourth-order valence-electron chi connectivity index (χ4n) is 0.622. The topological polar surface area (TPSA) is 17.8 Å². The Morgan fingerprint density at radius 1 is 1.67 bits per heavy atom. The van der Waals surface area contributed by atoms with Crippen molar-refractivity contribution in [3.63, 3.8) is 0 Å². The number of allylic oxidation sites excluding steroid dienone is 2. The van der Waals surface area contributed by atoms with E-state index in [-0.39, 0.29) is 0 Å². The van der Waals surface area contributed by atoms with Gasteiger partial charge in [-0.25, -0.2) is 4.98 Å². The number of hydrogen-bond donors (Lipinski definition) is 0. The first-order chi connectivity index (χ1) is 4.43. The SMILES string of the molecule is C/C=C\Cn1ccnc1. The fourth-order valence-corrected chi connectivity index (χ4v) is 0.622. The lowest BCUT2D eigenvalue weighted by Gasteiger charge is -1.91. The monoisotopic (exact) mass is 122 g/mol. The largest absolute Gasteiger partial charge is 0.334 e. The van der Waals surface area contributed by atoms with Crippen LogP contribution in [0.25, 0.3) is 0 Å². The zero-order chi connectivity index (χ0) is 6.53. The molecule has 0 aliphatic carbocycles. The molecule has 2 nitrogen and oxygen atoms in total. The minimum atomic E-state index is 0.927. The van der Waals surface area contributed by atoms with Gasteiger partial charge in [-0.05, 0) is 6.92 Å². The molecule has 0 bridgehead atoms. The molecule has 48 valence electrons. The zero-order valence-electron chi connectivity index (χ0n) is 5.49. The Morgan fingerprint density at radius 3 is 3.11 bits per heavy atom. The van der Waals surface area contributed by atoms with E-state index in [2.05, 4.69) is 11.1 Å². The molecule has 0 saturated carbocycles. The Balaban J connectivity index is 2.48. The Morgan fingerprint density at radius 2 is 2.56 bits per heavy atom. The summed E-state index contributed by atoms with van der Waals surface area (Å²) in [5.74, 6) is 0. The summed E-state index contributed by atoms with van der Waals surface area (Å²) in [6, 6.07) is 0. The average Bonchev–Trinajstić information content (AvgIpc) is 2.34. The Labute approximate surface area is 54.8 Å². The molecule has 1 heterocycles. The Bertz CT molecular complexity index is 175. The summed E-state index contributed by atoms with van der Waals surface area (Å²) in [5, 5.41) is 0. The number of rotatable bonds is 2. The van der Waals surface area contributed by atoms with Gasteiger partial charge in [0.1, 0.15) is 0 Å². The van der Waals surface area contributed by atoms with Gasteiger partial charge in [0, 0.05) is 18.9 Å². The van der Waals surface area contributed by atoms with Crippen molar-refractivity contribution in [3.05, 3.63) is 30.9 Å². The fraction of sp³-hybridized carbons (Fsp3) is 0.286. The van der Waals surface area contributed by atoms with Gasteiger partial charge in [0.15, 0.2) is 0 Å². The third kappa shape index (κ3) is 1.72. The quantitative estimate of drug-likeness (QED) is 0.543. The minimum Gasteiger partial charge on any atom is -0.334 e. The first-order valence-electron chi connectivity index (χ1n) is 3.00. The number of hydrogen-bond acceptors (Lipinski definition) is 1. The molecule has 1 rings (SSSR count). The van der Waals surface area contributed by atoms with Crippen molar-refractivity contribution in [1.82, 2.24) is 9.55 Å². The normalized spacial score (nSPS) is 10.8. The first-order valence-corrected chi connectivity index (χ1v) is 3.00. The van der Waals surface area contributed by atoms with Gasteiger partial charge >= 0.3 is 0 Å². The number of aromatic nitrogens is 2. The molecule has 0 amide bonds. The maximum atomic E-state index is 3.90. The second-order valence-electron chi connectivity index (χ2n) is 1.83. The van der Waals surface area contributed by atoms with Crippen LogP contribution in [-0.2, 0) is 6.54 Å². The van der Waals surface area contributed by atoms with E-state index in [4.69, 9.17) is 0 Å². The molecule has 0 aliphatic heterocycles. The lowest BCUT2D eigenvalue weighted by Crippen LogP contribution is -1.88. The van der Waals surface area contributed by atoms with Crippen LogP contribution >= 0.6 is 0 Å². The summed E-state index contributed by atoms with van der Waals surface area (Å²) in [6.45, 7) is 2.94. The van der Waals surface area contributed by atoms with Gasteiger partial charge in [0.2, 0.25) is 0 Å². The van der Waals surface area contributed by atoms with Crippen LogP contribution in [0.5, 0.6) is 0 Å². The molecule has 1 aromatic rings. The lowest BCUT2D eigenvalue weighted by molar-refractivity contribution is 0.819. The zero-order valence-corrected chi connectivity index (χ0v) is 5.49. The van der Waals surface area contributed by atoms with Crippen molar-refractivity contribution in [2.75, 3.05) is 0 Å². The van der Waals surface area contributed by atoms with Crippen LogP contribution in [0.15, 0.2) is 30.9 Å². The van der Waals surface area contributed by atoms with Crippen LogP contribution in [0, 0.1) is 0 Å². The van der Waals surface area contributed by atoms with Gasteiger partial charge in [0.05, 0.1) is 6.33 Å². The maximum Gasteiger partial charge on any atom is 0.0948 e. The van der Waals surface area contributed by atoms with Crippen LogP contribution in [0.4, 0.5) is 0 Å². The lowest BCUT2D eigenvalue weighted by atomic mass is 10.5. The van der Waals surface area contributed by atoms with Gasteiger partial charge in [-0.1, -0.05) is 12.2 Å². The van der Waals surface area contributed by atoms with Crippen LogP contribution in [0.1, 0.15) is 6.92 Å². The highest BCUT2D eigenvalue weighted by molar-refractivity contribution is 4.82. The standard InChI is InChI=1S/C7H10N2/c1-2-3-5-9-6-4-8-7-9/h2-4,6-7H,5H2,1H3/b3-2-. The van der Waals surface area contributed by atoms with Crippen LogP contribution in [0.2, 0.25) is 0 Å². The highest BCUT2D eigenvalue weighted by atomic mass is 15.0. The maximum absolute atomic E-state index is 3.90. The van der Waals surface area contributed by atoms with Gasteiger partial charge in [0.25, 0.3) is 0 Å². The van der Waals surface area contributed by atoms with E-state index in [0.717, 1.165) is 6.54 Å². The van der Waals surface area contributed by atoms with Crippen molar-refractivity contribution >= 4 is 0 Å². The van der Waals surface area contributed by atoms with Crippen molar-refractivity contribution in [1.29, 1.82) is 0 Å². The molecule has 0 radical (unpaired) electrons. The highest BCUT2D eigenvalue weighted by Gasteiger charge is 1.80. The van der Waals surface area contributed by atoms with Crippen molar-refractivity contribution in [2.45, 2.75) is 13.5 Å². The molecular weight excluding hydrogens is 112 g/mol. The summed E-state index contributed by atoms with van der Waals surface area (Å²) in [5.41, 5.74) is 0. The van der Waals surface area contributed by atoms with E-state index in [9.17, 15) is 0 Å². The summed E-state index contributed by atoms with van der Waals surface area (Å²) in [6.07, 6.45) is 9.64. The summed E-state index contributed by atoms with van der Waals surface area (Å²) in [4.78, 5) is 3.90. The molecule has 0 spiro atoms. The molecule has 1 aromatic heterocycles. The summed E-state index contributed by atoms with van der Waals surface area (Å²) >= 11 is 0. The van der Waals surface area contributed by atoms with E-state index in [0.29, 0.717) is 0 Å². The molecular formula is C7H10N2. The Kier molecular flexibility index (Phi) is 2.07. The molecule has 0 aromatic carbocycles. The van der Waals surface area contributed by atoms with Crippen molar-refractivity contribution < 1.29 is 0 Å². The van der Waals surface area contributed by atoms with E-state index in [1.54, 1.807) is 12.5 Å². The molecule has 0 unspecified atom stereocenters. The Hall–Kier alpha value is -1.05. The van der Waals surface area contributed by atoms with E-state index in [1.807, 2.05) is 23.8 Å². The van der Waals surface area contributed by atoms with Crippen molar-refractivity contribution in [2.24, 2.45) is 0 Å². The van der Waals surface area contributed by atoms with Crippen LogP contribution in [-0.4, -0.2) is 9.55 Å². The molecule has 0 N–H and O–H groups in total. The molecule has 0 aliphatic rings. The van der Waals surface area contributed by atoms with Crippen LogP contribution in [0.3, 0.4) is 0 Å². The molecule has 2 heteroatoms. The predicted octanol–water partition coefficient (Wildman–Crippen LogP) is 1.46. The summed E-state index contributed by atoms with van der Waals surface area (Å²) < 4.78 is 2.01. The van der Waals surface area contributed by atoms with E-state index in [1.165, 1.54) is 0 Å². The van der Waals surface area contributed by atoms with Gasteiger partial charge in [-0.3, -0.25) is 0 Å². The molecule has 0 atom stereocenters. The van der Waals surface area contributed by atoms with Crippen molar-refractivity contribution in [3.8, 4) is 0 Å². The third-order valence-corrected chi connectivity index (χ3v) is 1.11. The minimum absolute atomic E-state index is 0.927. The van der Waals surface area contributed by atoms with Gasteiger partial charge in [-0.15, -0.1) is 0 Å². The first kappa shape index (κ1) is 6.08. The van der Waals surface area contributed by atoms with Gasteiger partial charge in [-0.2, -0.15) is 0 Å². The predicted molar refractivity (Wildman–Crippen MR) is 37.0 cm³/mol. The molecule has 0 fully saturated rings. The summed E-state index contributed by atoms with van der Waals surface area (Å²) in [7, 11) is 0. The second kappa shape index (κ2) is 3.07.